The molecule has 1 saturated heterocycles. The number of aliphatic hydroxyl groups excluding tert-OH is 1. The number of carbonyl (C=O) groups is 1. The summed E-state index contributed by atoms with van der Waals surface area (Å²) in [5.74, 6) is 0.0446. The van der Waals surface area contributed by atoms with Crippen molar-refractivity contribution in [3.05, 3.63) is 40.4 Å². The highest BCUT2D eigenvalue weighted by atomic mass is 79.9. The molecule has 1 amide bonds. The third-order valence-electron chi connectivity index (χ3n) is 3.64. The minimum atomic E-state index is 0.0446. The van der Waals surface area contributed by atoms with Crippen LogP contribution in [0.3, 0.4) is 0 Å². The number of likely N-dealkylation sites (tertiary alicyclic amines) is 1. The van der Waals surface area contributed by atoms with Crippen molar-refractivity contribution >= 4 is 27.9 Å². The maximum absolute atomic E-state index is 12.3. The number of amides is 1. The smallest absolute Gasteiger partial charge is 0.246 e. The van der Waals surface area contributed by atoms with Gasteiger partial charge in [0, 0.05) is 29.7 Å². The summed E-state index contributed by atoms with van der Waals surface area (Å²) >= 11 is 3.42. The lowest BCUT2D eigenvalue weighted by Gasteiger charge is -2.34. The minimum absolute atomic E-state index is 0.0446. The second-order valence-corrected chi connectivity index (χ2v) is 6.00. The number of piperidine rings is 1. The molecule has 0 saturated carbocycles. The van der Waals surface area contributed by atoms with Crippen molar-refractivity contribution in [1.29, 1.82) is 0 Å². The van der Waals surface area contributed by atoms with E-state index in [4.69, 9.17) is 5.11 Å². The summed E-state index contributed by atoms with van der Waals surface area (Å²) < 4.78 is 1.00. The first-order valence-electron chi connectivity index (χ1n) is 7.06. The zero-order chi connectivity index (χ0) is 14.4. The molecule has 108 valence electrons. The number of aliphatic hydroxyl groups is 1. The first-order chi connectivity index (χ1) is 9.70. The Hall–Kier alpha value is -1.13. The standard InChI is InChI=1S/C16H20BrNO2/c17-14-5-3-4-13(12-14)7-8-16(20)18-10-2-1-6-15(18)9-11-19/h3-5,7-8,12,15,19H,1-2,6,9-11H2/b8-7+. The molecule has 0 bridgehead atoms. The van der Waals surface area contributed by atoms with Gasteiger partial charge in [0.05, 0.1) is 0 Å². The van der Waals surface area contributed by atoms with Gasteiger partial charge in [-0.2, -0.15) is 0 Å². The summed E-state index contributed by atoms with van der Waals surface area (Å²) in [6.45, 7) is 0.941. The summed E-state index contributed by atoms with van der Waals surface area (Å²) in [6.07, 6.45) is 7.35. The molecule has 1 fully saturated rings. The molecule has 1 heterocycles. The number of hydrogen-bond donors (Lipinski definition) is 1. The summed E-state index contributed by atoms with van der Waals surface area (Å²) in [4.78, 5) is 14.2. The van der Waals surface area contributed by atoms with Gasteiger partial charge in [-0.25, -0.2) is 0 Å². The highest BCUT2D eigenvalue weighted by Gasteiger charge is 2.24. The molecule has 1 N–H and O–H groups in total. The van der Waals surface area contributed by atoms with E-state index in [0.29, 0.717) is 6.42 Å². The van der Waals surface area contributed by atoms with Gasteiger partial charge in [-0.15, -0.1) is 0 Å². The average molecular weight is 338 g/mol. The minimum Gasteiger partial charge on any atom is -0.396 e. The lowest BCUT2D eigenvalue weighted by atomic mass is 9.99. The van der Waals surface area contributed by atoms with Crippen LogP contribution in [0.1, 0.15) is 31.2 Å². The molecule has 1 aliphatic rings. The second-order valence-electron chi connectivity index (χ2n) is 5.08. The lowest BCUT2D eigenvalue weighted by Crippen LogP contribution is -2.43. The fourth-order valence-corrected chi connectivity index (χ4v) is 3.03. The van der Waals surface area contributed by atoms with Crippen molar-refractivity contribution in [1.82, 2.24) is 4.90 Å². The van der Waals surface area contributed by atoms with Gasteiger partial charge in [-0.1, -0.05) is 28.1 Å². The van der Waals surface area contributed by atoms with Gasteiger partial charge in [0.25, 0.3) is 0 Å². The highest BCUT2D eigenvalue weighted by Crippen LogP contribution is 2.20. The third-order valence-corrected chi connectivity index (χ3v) is 4.13. The molecule has 0 aliphatic carbocycles. The zero-order valence-corrected chi connectivity index (χ0v) is 13.1. The quantitative estimate of drug-likeness (QED) is 0.857. The van der Waals surface area contributed by atoms with Crippen molar-refractivity contribution in [2.45, 2.75) is 31.7 Å². The topological polar surface area (TPSA) is 40.5 Å². The van der Waals surface area contributed by atoms with E-state index in [9.17, 15) is 4.79 Å². The van der Waals surface area contributed by atoms with E-state index in [2.05, 4.69) is 15.9 Å². The molecule has 1 atom stereocenters. The first kappa shape index (κ1) is 15.3. The van der Waals surface area contributed by atoms with Crippen LogP contribution < -0.4 is 0 Å². The van der Waals surface area contributed by atoms with Crippen molar-refractivity contribution in [2.75, 3.05) is 13.2 Å². The van der Waals surface area contributed by atoms with Gasteiger partial charge < -0.3 is 10.0 Å². The van der Waals surface area contributed by atoms with Gasteiger partial charge in [0.1, 0.15) is 0 Å². The normalized spacial score (nSPS) is 19.5. The summed E-state index contributed by atoms with van der Waals surface area (Å²) in [7, 11) is 0. The summed E-state index contributed by atoms with van der Waals surface area (Å²) in [6, 6.07) is 8.04. The van der Waals surface area contributed by atoms with Crippen LogP contribution in [-0.4, -0.2) is 35.1 Å². The molecule has 20 heavy (non-hydrogen) atoms. The number of benzene rings is 1. The van der Waals surface area contributed by atoms with E-state index < -0.39 is 0 Å². The molecule has 1 aliphatic heterocycles. The number of rotatable bonds is 4. The molecule has 4 heteroatoms. The highest BCUT2D eigenvalue weighted by molar-refractivity contribution is 9.10. The Balaban J connectivity index is 2.02. The van der Waals surface area contributed by atoms with E-state index >= 15 is 0 Å². The number of nitrogens with zero attached hydrogens (tertiary/aromatic N) is 1. The Morgan fingerprint density at radius 1 is 1.45 bits per heavy atom. The zero-order valence-electron chi connectivity index (χ0n) is 11.5. The van der Waals surface area contributed by atoms with Crippen molar-refractivity contribution in [2.24, 2.45) is 0 Å². The van der Waals surface area contributed by atoms with Crippen LogP contribution in [0.5, 0.6) is 0 Å². The Morgan fingerprint density at radius 3 is 3.05 bits per heavy atom. The Morgan fingerprint density at radius 2 is 2.30 bits per heavy atom. The predicted molar refractivity (Wildman–Crippen MR) is 84.2 cm³/mol. The monoisotopic (exact) mass is 337 g/mol. The average Bonchev–Trinajstić information content (AvgIpc) is 2.46. The molecule has 2 rings (SSSR count). The van der Waals surface area contributed by atoms with Crippen molar-refractivity contribution in [3.63, 3.8) is 0 Å². The largest absolute Gasteiger partial charge is 0.396 e. The van der Waals surface area contributed by atoms with Gasteiger partial charge in [0.15, 0.2) is 0 Å². The van der Waals surface area contributed by atoms with Gasteiger partial charge in [0.2, 0.25) is 5.91 Å². The van der Waals surface area contributed by atoms with Crippen LogP contribution >= 0.6 is 15.9 Å². The molecule has 1 unspecified atom stereocenters. The van der Waals surface area contributed by atoms with E-state index in [1.165, 1.54) is 0 Å². The fraction of sp³-hybridized carbons (Fsp3) is 0.438. The van der Waals surface area contributed by atoms with Gasteiger partial charge in [-0.05, 0) is 49.5 Å². The third kappa shape index (κ3) is 4.18. The van der Waals surface area contributed by atoms with E-state index in [0.717, 1.165) is 35.8 Å². The Kier molecular flexibility index (Phi) is 5.80. The van der Waals surface area contributed by atoms with Gasteiger partial charge >= 0.3 is 0 Å². The molecule has 0 aromatic heterocycles. The Bertz CT molecular complexity index is 485. The number of hydrogen-bond acceptors (Lipinski definition) is 2. The molecular formula is C16H20BrNO2. The first-order valence-corrected chi connectivity index (χ1v) is 7.85. The second kappa shape index (κ2) is 7.60. The Labute approximate surface area is 128 Å². The molecule has 0 radical (unpaired) electrons. The summed E-state index contributed by atoms with van der Waals surface area (Å²) in [5.41, 5.74) is 1.00. The number of carbonyl (C=O) groups excluding carboxylic acids is 1. The fourth-order valence-electron chi connectivity index (χ4n) is 2.61. The van der Waals surface area contributed by atoms with Crippen LogP contribution in [0.2, 0.25) is 0 Å². The van der Waals surface area contributed by atoms with E-state index in [-0.39, 0.29) is 18.6 Å². The predicted octanol–water partition coefficient (Wildman–Crippen LogP) is 3.23. The van der Waals surface area contributed by atoms with Gasteiger partial charge in [-0.3, -0.25) is 4.79 Å². The maximum atomic E-state index is 12.3. The van der Waals surface area contributed by atoms with Crippen molar-refractivity contribution in [3.8, 4) is 0 Å². The van der Waals surface area contributed by atoms with Crippen molar-refractivity contribution < 1.29 is 9.90 Å². The molecule has 3 nitrogen and oxygen atoms in total. The van der Waals surface area contributed by atoms with Crippen LogP contribution in [0, 0.1) is 0 Å². The molecule has 0 spiro atoms. The summed E-state index contributed by atoms with van der Waals surface area (Å²) in [5, 5.41) is 9.10. The molecule has 1 aromatic rings. The van der Waals surface area contributed by atoms with Crippen LogP contribution in [0.15, 0.2) is 34.8 Å². The molecule has 1 aromatic carbocycles. The van der Waals surface area contributed by atoms with E-state index in [1.54, 1.807) is 6.08 Å². The van der Waals surface area contributed by atoms with Crippen LogP contribution in [-0.2, 0) is 4.79 Å². The molecular weight excluding hydrogens is 318 g/mol. The van der Waals surface area contributed by atoms with Crippen LogP contribution in [0.4, 0.5) is 0 Å². The SMILES string of the molecule is O=C(/C=C/c1cccc(Br)c1)N1CCCCC1CCO. The maximum Gasteiger partial charge on any atom is 0.246 e. The van der Waals surface area contributed by atoms with Crippen LogP contribution in [0.25, 0.3) is 6.08 Å². The lowest BCUT2D eigenvalue weighted by molar-refractivity contribution is -0.129. The van der Waals surface area contributed by atoms with E-state index in [1.807, 2.05) is 35.2 Å². The number of halogens is 1.